The van der Waals surface area contributed by atoms with E-state index in [9.17, 15) is 4.79 Å². The molecule has 0 aromatic heterocycles. The van der Waals surface area contributed by atoms with Gasteiger partial charge in [0.2, 0.25) is 0 Å². The van der Waals surface area contributed by atoms with Crippen molar-refractivity contribution in [2.75, 3.05) is 0 Å². The summed E-state index contributed by atoms with van der Waals surface area (Å²) in [6.07, 6.45) is 13.1. The first-order valence-corrected chi connectivity index (χ1v) is 8.02. The molecule has 1 aliphatic rings. The second-order valence-electron chi connectivity index (χ2n) is 6.59. The third kappa shape index (κ3) is 8.95. The Morgan fingerprint density at radius 2 is 1.95 bits per heavy atom. The van der Waals surface area contributed by atoms with Crippen LogP contribution in [0.1, 0.15) is 66.2 Å². The fraction of sp³-hybridized carbons (Fsp3) is 0.722. The number of hydrogen-bond donors (Lipinski definition) is 0. The summed E-state index contributed by atoms with van der Waals surface area (Å²) in [7, 11) is 0. The highest BCUT2D eigenvalue weighted by atomic mass is 16.5. The van der Waals surface area contributed by atoms with Gasteiger partial charge in [0.05, 0.1) is 0 Å². The number of allylic oxidation sites excluding steroid dienone is 3. The number of ether oxygens (including phenoxy) is 1. The third-order valence-electron chi connectivity index (χ3n) is 3.55. The summed E-state index contributed by atoms with van der Waals surface area (Å²) in [4.78, 5) is 11.5. The van der Waals surface area contributed by atoms with Crippen molar-refractivity contribution in [2.24, 2.45) is 11.8 Å². The van der Waals surface area contributed by atoms with E-state index in [1.807, 2.05) is 13.0 Å². The highest BCUT2D eigenvalue weighted by Gasteiger charge is 2.24. The molecule has 1 fully saturated rings. The van der Waals surface area contributed by atoms with Gasteiger partial charge < -0.3 is 4.74 Å². The quantitative estimate of drug-likeness (QED) is 0.335. The van der Waals surface area contributed by atoms with Gasteiger partial charge in [0, 0.05) is 6.08 Å². The number of carbonyl (C=O) groups excluding carboxylic acids is 1. The topological polar surface area (TPSA) is 26.3 Å². The molecule has 0 amide bonds. The van der Waals surface area contributed by atoms with Gasteiger partial charge >= 0.3 is 5.97 Å². The van der Waals surface area contributed by atoms with E-state index in [0.717, 1.165) is 36.7 Å². The summed E-state index contributed by atoms with van der Waals surface area (Å²) in [5, 5.41) is 0. The Balaban J connectivity index is 2.17. The number of hydrogen-bond acceptors (Lipinski definition) is 2. The molecule has 1 aliphatic carbocycles. The van der Waals surface area contributed by atoms with Gasteiger partial charge in [-0.25, -0.2) is 4.79 Å². The molecular weight excluding hydrogens is 248 g/mol. The zero-order valence-corrected chi connectivity index (χ0v) is 13.5. The highest BCUT2D eigenvalue weighted by Crippen LogP contribution is 2.23. The van der Waals surface area contributed by atoms with Gasteiger partial charge in [-0.15, -0.1) is 0 Å². The van der Waals surface area contributed by atoms with E-state index in [1.54, 1.807) is 6.08 Å². The van der Waals surface area contributed by atoms with E-state index in [1.165, 1.54) is 19.3 Å². The maximum absolute atomic E-state index is 11.5. The van der Waals surface area contributed by atoms with Crippen LogP contribution in [0.15, 0.2) is 23.8 Å². The van der Waals surface area contributed by atoms with Crippen LogP contribution in [0.3, 0.4) is 0 Å². The van der Waals surface area contributed by atoms with Crippen molar-refractivity contribution in [1.82, 2.24) is 0 Å². The van der Waals surface area contributed by atoms with Crippen LogP contribution in [-0.4, -0.2) is 12.1 Å². The first kappa shape index (κ1) is 17.0. The van der Waals surface area contributed by atoms with Crippen molar-refractivity contribution < 1.29 is 9.53 Å². The molecule has 0 heterocycles. The molecule has 2 heteroatoms. The Labute approximate surface area is 124 Å². The second kappa shape index (κ2) is 8.99. The second-order valence-corrected chi connectivity index (χ2v) is 6.59. The molecular formula is C18H30O2. The first-order valence-electron chi connectivity index (χ1n) is 8.02. The molecule has 0 aromatic rings. The molecule has 1 unspecified atom stereocenters. The minimum Gasteiger partial charge on any atom is -0.459 e. The molecule has 0 N–H and O–H groups in total. The van der Waals surface area contributed by atoms with Gasteiger partial charge in [-0.3, -0.25) is 0 Å². The van der Waals surface area contributed by atoms with Crippen molar-refractivity contribution in [3.63, 3.8) is 0 Å². The lowest BCUT2D eigenvalue weighted by Gasteiger charge is -2.09. The zero-order chi connectivity index (χ0) is 15.0. The molecule has 0 radical (unpaired) electrons. The molecule has 1 atom stereocenters. The molecule has 0 saturated heterocycles. The minimum absolute atomic E-state index is 0.191. The van der Waals surface area contributed by atoms with Crippen LogP contribution in [-0.2, 0) is 9.53 Å². The molecule has 114 valence electrons. The van der Waals surface area contributed by atoms with Crippen molar-refractivity contribution in [3.05, 3.63) is 23.8 Å². The lowest BCUT2D eigenvalue weighted by Crippen LogP contribution is -2.02. The van der Waals surface area contributed by atoms with Gasteiger partial charge in [-0.1, -0.05) is 52.2 Å². The molecule has 1 saturated carbocycles. The Bertz CT molecular complexity index is 348. The van der Waals surface area contributed by atoms with Crippen LogP contribution < -0.4 is 0 Å². The largest absolute Gasteiger partial charge is 0.459 e. The van der Waals surface area contributed by atoms with Crippen LogP contribution in [0.4, 0.5) is 0 Å². The van der Waals surface area contributed by atoms with Crippen LogP contribution in [0.2, 0.25) is 0 Å². The SMILES string of the molecule is CC(/C=C/CC(C)CCCC(C)C)=C\C(=O)OC1CC1. The average molecular weight is 278 g/mol. The third-order valence-corrected chi connectivity index (χ3v) is 3.55. The summed E-state index contributed by atoms with van der Waals surface area (Å²) in [6.45, 7) is 8.80. The smallest absolute Gasteiger partial charge is 0.331 e. The van der Waals surface area contributed by atoms with Gasteiger partial charge in [-0.05, 0) is 43.6 Å². The van der Waals surface area contributed by atoms with Crippen LogP contribution >= 0.6 is 0 Å². The van der Waals surface area contributed by atoms with E-state index >= 15 is 0 Å². The van der Waals surface area contributed by atoms with Crippen molar-refractivity contribution in [1.29, 1.82) is 0 Å². The normalized spacial score (nSPS) is 17.8. The molecule has 0 aromatic carbocycles. The summed E-state index contributed by atoms with van der Waals surface area (Å²) in [5.41, 5.74) is 0.977. The van der Waals surface area contributed by atoms with E-state index in [-0.39, 0.29) is 12.1 Å². The van der Waals surface area contributed by atoms with Gasteiger partial charge in [-0.2, -0.15) is 0 Å². The minimum atomic E-state index is -0.195. The van der Waals surface area contributed by atoms with Crippen molar-refractivity contribution in [2.45, 2.75) is 72.3 Å². The zero-order valence-electron chi connectivity index (χ0n) is 13.5. The van der Waals surface area contributed by atoms with E-state index in [2.05, 4.69) is 26.8 Å². The Morgan fingerprint density at radius 1 is 1.25 bits per heavy atom. The van der Waals surface area contributed by atoms with Crippen molar-refractivity contribution >= 4 is 5.97 Å². The molecule has 0 bridgehead atoms. The maximum Gasteiger partial charge on any atom is 0.331 e. The summed E-state index contributed by atoms with van der Waals surface area (Å²) in [5.74, 6) is 1.33. The lowest BCUT2D eigenvalue weighted by molar-refractivity contribution is -0.138. The number of esters is 1. The summed E-state index contributed by atoms with van der Waals surface area (Å²) < 4.78 is 5.19. The fourth-order valence-electron chi connectivity index (χ4n) is 2.10. The number of rotatable bonds is 9. The summed E-state index contributed by atoms with van der Waals surface area (Å²) in [6, 6.07) is 0. The Hall–Kier alpha value is -1.05. The van der Waals surface area contributed by atoms with E-state index in [4.69, 9.17) is 4.74 Å². The van der Waals surface area contributed by atoms with E-state index < -0.39 is 0 Å². The van der Waals surface area contributed by atoms with E-state index in [0.29, 0.717) is 0 Å². The maximum atomic E-state index is 11.5. The predicted octanol–water partition coefficient (Wildman–Crippen LogP) is 5.05. The highest BCUT2D eigenvalue weighted by molar-refractivity contribution is 5.83. The Morgan fingerprint density at radius 3 is 2.55 bits per heavy atom. The van der Waals surface area contributed by atoms with Crippen LogP contribution in [0, 0.1) is 11.8 Å². The molecule has 2 nitrogen and oxygen atoms in total. The van der Waals surface area contributed by atoms with Crippen molar-refractivity contribution in [3.8, 4) is 0 Å². The first-order chi connectivity index (χ1) is 9.47. The summed E-state index contributed by atoms with van der Waals surface area (Å²) >= 11 is 0. The van der Waals surface area contributed by atoms with Crippen LogP contribution in [0.5, 0.6) is 0 Å². The average Bonchev–Trinajstić information content (AvgIpc) is 3.11. The predicted molar refractivity (Wildman–Crippen MR) is 84.5 cm³/mol. The fourth-order valence-corrected chi connectivity index (χ4v) is 2.10. The monoisotopic (exact) mass is 278 g/mol. The van der Waals surface area contributed by atoms with Gasteiger partial charge in [0.15, 0.2) is 0 Å². The Kier molecular flexibility index (Phi) is 7.64. The van der Waals surface area contributed by atoms with Gasteiger partial charge in [0.25, 0.3) is 0 Å². The lowest BCUT2D eigenvalue weighted by atomic mass is 9.97. The molecule has 0 aliphatic heterocycles. The molecule has 0 spiro atoms. The standard InChI is InChI=1S/C18H30O2/c1-14(2)7-5-8-15(3)9-6-10-16(4)13-18(19)20-17-11-12-17/h6,10,13-15,17H,5,7-9,11-12H2,1-4H3/b10-6+,16-13+. The molecule has 20 heavy (non-hydrogen) atoms. The van der Waals surface area contributed by atoms with Gasteiger partial charge in [0.1, 0.15) is 6.10 Å². The number of carbonyl (C=O) groups is 1. The molecule has 1 rings (SSSR count). The van der Waals surface area contributed by atoms with Crippen LogP contribution in [0.25, 0.3) is 0 Å².